The van der Waals surface area contributed by atoms with Crippen LogP contribution < -0.4 is 5.32 Å². The molecule has 1 fully saturated rings. The number of benzene rings is 1. The molecular formula is C19H25N3O. The second kappa shape index (κ2) is 6.20. The molecule has 1 aromatic carbocycles. The van der Waals surface area contributed by atoms with Crippen molar-refractivity contribution >= 4 is 11.6 Å². The molecule has 4 nitrogen and oxygen atoms in total. The van der Waals surface area contributed by atoms with Gasteiger partial charge >= 0.3 is 0 Å². The van der Waals surface area contributed by atoms with Gasteiger partial charge in [-0.15, -0.1) is 0 Å². The molecule has 122 valence electrons. The zero-order valence-corrected chi connectivity index (χ0v) is 14.1. The summed E-state index contributed by atoms with van der Waals surface area (Å²) in [5, 5.41) is 3.08. The second-order valence-corrected chi connectivity index (χ2v) is 6.97. The lowest BCUT2D eigenvalue weighted by Crippen LogP contribution is -2.38. The molecule has 2 heterocycles. The first-order chi connectivity index (χ1) is 11.0. The van der Waals surface area contributed by atoms with E-state index in [1.54, 1.807) is 0 Å². The Balaban J connectivity index is 1.66. The Labute approximate surface area is 138 Å². The SMILES string of the molecule is CC(C)N1CCC(C)(C(=O)Nc2ccc(-n3cccc3)cc2)C1. The lowest BCUT2D eigenvalue weighted by molar-refractivity contribution is -0.124. The highest BCUT2D eigenvalue weighted by atomic mass is 16.2. The summed E-state index contributed by atoms with van der Waals surface area (Å²) in [5.74, 6) is 0.120. The summed E-state index contributed by atoms with van der Waals surface area (Å²) in [6, 6.07) is 12.5. The maximum Gasteiger partial charge on any atom is 0.231 e. The molecule has 1 atom stereocenters. The van der Waals surface area contributed by atoms with Gasteiger partial charge in [0.25, 0.3) is 0 Å². The van der Waals surface area contributed by atoms with Gasteiger partial charge in [0.1, 0.15) is 0 Å². The highest BCUT2D eigenvalue weighted by Gasteiger charge is 2.40. The fourth-order valence-corrected chi connectivity index (χ4v) is 3.13. The summed E-state index contributed by atoms with van der Waals surface area (Å²) < 4.78 is 2.05. The van der Waals surface area contributed by atoms with Gasteiger partial charge in [-0.3, -0.25) is 9.69 Å². The number of hydrogen-bond donors (Lipinski definition) is 1. The van der Waals surface area contributed by atoms with Crippen LogP contribution in [0.1, 0.15) is 27.2 Å². The first-order valence-electron chi connectivity index (χ1n) is 8.27. The first-order valence-corrected chi connectivity index (χ1v) is 8.27. The van der Waals surface area contributed by atoms with Gasteiger partial charge in [-0.1, -0.05) is 0 Å². The topological polar surface area (TPSA) is 37.3 Å². The summed E-state index contributed by atoms with van der Waals surface area (Å²) in [7, 11) is 0. The van der Waals surface area contributed by atoms with Gasteiger partial charge in [0, 0.05) is 36.4 Å². The highest BCUT2D eigenvalue weighted by molar-refractivity contribution is 5.95. The van der Waals surface area contributed by atoms with E-state index >= 15 is 0 Å². The predicted octanol–water partition coefficient (Wildman–Crippen LogP) is 3.54. The molecule has 0 radical (unpaired) electrons. The molecule has 1 aromatic heterocycles. The van der Waals surface area contributed by atoms with E-state index in [-0.39, 0.29) is 11.3 Å². The quantitative estimate of drug-likeness (QED) is 0.938. The number of rotatable bonds is 4. The molecular weight excluding hydrogens is 286 g/mol. The van der Waals surface area contributed by atoms with Crippen molar-refractivity contribution in [2.45, 2.75) is 33.2 Å². The fraction of sp³-hybridized carbons (Fsp3) is 0.421. The van der Waals surface area contributed by atoms with Gasteiger partial charge in [0.15, 0.2) is 0 Å². The van der Waals surface area contributed by atoms with E-state index < -0.39 is 0 Å². The van der Waals surface area contributed by atoms with Crippen molar-refractivity contribution in [1.82, 2.24) is 9.47 Å². The van der Waals surface area contributed by atoms with Crippen molar-refractivity contribution in [2.75, 3.05) is 18.4 Å². The third-order valence-electron chi connectivity index (χ3n) is 4.81. The van der Waals surface area contributed by atoms with Crippen LogP contribution in [-0.4, -0.2) is 34.5 Å². The Hall–Kier alpha value is -2.07. The van der Waals surface area contributed by atoms with Gasteiger partial charge in [-0.05, 0) is 70.1 Å². The van der Waals surface area contributed by atoms with Crippen LogP contribution in [0.5, 0.6) is 0 Å². The van der Waals surface area contributed by atoms with E-state index in [4.69, 9.17) is 0 Å². The number of carbonyl (C=O) groups is 1. The first kappa shape index (κ1) is 15.8. The van der Waals surface area contributed by atoms with Crippen LogP contribution in [0.2, 0.25) is 0 Å². The lowest BCUT2D eigenvalue weighted by Gasteiger charge is -2.25. The zero-order valence-electron chi connectivity index (χ0n) is 14.1. The number of hydrogen-bond acceptors (Lipinski definition) is 2. The minimum Gasteiger partial charge on any atom is -0.326 e. The fourth-order valence-electron chi connectivity index (χ4n) is 3.13. The number of nitrogens with one attached hydrogen (secondary N) is 1. The molecule has 1 unspecified atom stereocenters. The monoisotopic (exact) mass is 311 g/mol. The molecule has 0 aliphatic carbocycles. The van der Waals surface area contributed by atoms with Gasteiger partial charge in [0.05, 0.1) is 5.41 Å². The van der Waals surface area contributed by atoms with E-state index in [1.807, 2.05) is 53.4 Å². The number of nitrogens with zero attached hydrogens (tertiary/aromatic N) is 2. The second-order valence-electron chi connectivity index (χ2n) is 6.97. The van der Waals surface area contributed by atoms with Crippen molar-refractivity contribution in [2.24, 2.45) is 5.41 Å². The number of amides is 1. The van der Waals surface area contributed by atoms with Crippen molar-refractivity contribution in [3.05, 3.63) is 48.8 Å². The standard InChI is InChI=1S/C19H25N3O/c1-15(2)22-13-10-19(3,14-22)18(23)20-16-6-8-17(9-7-16)21-11-4-5-12-21/h4-9,11-12,15H,10,13-14H2,1-3H3,(H,20,23). The van der Waals surface area contributed by atoms with Crippen LogP contribution in [-0.2, 0) is 4.79 Å². The molecule has 4 heteroatoms. The summed E-state index contributed by atoms with van der Waals surface area (Å²) in [6.07, 6.45) is 4.93. The Morgan fingerprint density at radius 3 is 2.39 bits per heavy atom. The number of likely N-dealkylation sites (tertiary alicyclic amines) is 1. The molecule has 1 aliphatic rings. The van der Waals surface area contributed by atoms with Crippen LogP contribution >= 0.6 is 0 Å². The Bertz CT molecular complexity index is 660. The van der Waals surface area contributed by atoms with E-state index in [0.717, 1.165) is 30.9 Å². The third-order valence-corrected chi connectivity index (χ3v) is 4.81. The number of anilines is 1. The van der Waals surface area contributed by atoms with Crippen LogP contribution in [0.25, 0.3) is 5.69 Å². The molecule has 1 aliphatic heterocycles. The minimum absolute atomic E-state index is 0.120. The average Bonchev–Trinajstić information content (AvgIpc) is 3.18. The van der Waals surface area contributed by atoms with Crippen molar-refractivity contribution in [1.29, 1.82) is 0 Å². The molecule has 0 bridgehead atoms. The van der Waals surface area contributed by atoms with Crippen LogP contribution in [0.15, 0.2) is 48.8 Å². The lowest BCUT2D eigenvalue weighted by atomic mass is 9.88. The number of aromatic nitrogens is 1. The Morgan fingerprint density at radius 2 is 1.83 bits per heavy atom. The summed E-state index contributed by atoms with van der Waals surface area (Å²) >= 11 is 0. The van der Waals surface area contributed by atoms with Crippen LogP contribution in [0, 0.1) is 5.41 Å². The van der Waals surface area contributed by atoms with Gasteiger partial charge < -0.3 is 9.88 Å². The Kier molecular flexibility index (Phi) is 4.26. The molecule has 1 amide bonds. The van der Waals surface area contributed by atoms with Crippen LogP contribution in [0.3, 0.4) is 0 Å². The van der Waals surface area contributed by atoms with Crippen LogP contribution in [0.4, 0.5) is 5.69 Å². The predicted molar refractivity (Wildman–Crippen MR) is 93.8 cm³/mol. The zero-order chi connectivity index (χ0) is 16.4. The Morgan fingerprint density at radius 1 is 1.17 bits per heavy atom. The minimum atomic E-state index is -0.302. The molecule has 2 aromatic rings. The maximum atomic E-state index is 12.7. The van der Waals surface area contributed by atoms with Crippen molar-refractivity contribution in [3.8, 4) is 5.69 Å². The maximum absolute atomic E-state index is 12.7. The van der Waals surface area contributed by atoms with Gasteiger partial charge in [-0.25, -0.2) is 0 Å². The van der Waals surface area contributed by atoms with Crippen molar-refractivity contribution in [3.63, 3.8) is 0 Å². The largest absolute Gasteiger partial charge is 0.326 e. The van der Waals surface area contributed by atoms with Gasteiger partial charge in [0.2, 0.25) is 5.91 Å². The normalized spacial score (nSPS) is 21.7. The summed E-state index contributed by atoms with van der Waals surface area (Å²) in [5.41, 5.74) is 1.64. The molecule has 0 spiro atoms. The van der Waals surface area contributed by atoms with Gasteiger partial charge in [-0.2, -0.15) is 0 Å². The molecule has 0 saturated carbocycles. The smallest absolute Gasteiger partial charge is 0.231 e. The van der Waals surface area contributed by atoms with E-state index in [2.05, 4.69) is 31.0 Å². The van der Waals surface area contributed by atoms with Crippen molar-refractivity contribution < 1.29 is 4.79 Å². The summed E-state index contributed by atoms with van der Waals surface area (Å²) in [4.78, 5) is 15.0. The molecule has 3 rings (SSSR count). The van der Waals surface area contributed by atoms with E-state index in [9.17, 15) is 4.79 Å². The number of carbonyl (C=O) groups excluding carboxylic acids is 1. The molecule has 1 N–H and O–H groups in total. The average molecular weight is 311 g/mol. The third kappa shape index (κ3) is 3.32. The molecule has 23 heavy (non-hydrogen) atoms. The molecule has 1 saturated heterocycles. The van der Waals surface area contributed by atoms with E-state index in [1.165, 1.54) is 0 Å². The summed E-state index contributed by atoms with van der Waals surface area (Å²) in [6.45, 7) is 8.26. The van der Waals surface area contributed by atoms with E-state index in [0.29, 0.717) is 6.04 Å². The highest BCUT2D eigenvalue weighted by Crippen LogP contribution is 2.32.